The average Bonchev–Trinajstić information content (AvgIpc) is 3.30. The van der Waals surface area contributed by atoms with E-state index in [-0.39, 0.29) is 17.7 Å². The second-order valence-electron chi connectivity index (χ2n) is 6.59. The van der Waals surface area contributed by atoms with Gasteiger partial charge < -0.3 is 15.4 Å². The van der Waals surface area contributed by atoms with Gasteiger partial charge in [-0.25, -0.2) is 4.79 Å². The number of aryl methyl sites for hydroxylation is 1. The van der Waals surface area contributed by atoms with Gasteiger partial charge in [0.25, 0.3) is 0 Å². The lowest BCUT2D eigenvalue weighted by molar-refractivity contribution is -0.145. The Labute approximate surface area is 152 Å². The summed E-state index contributed by atoms with van der Waals surface area (Å²) in [5, 5.41) is 10.3. The molecule has 0 spiro atoms. The number of hydrogen-bond acceptors (Lipinski definition) is 5. The maximum Gasteiger partial charge on any atom is 0.328 e. The van der Waals surface area contributed by atoms with Crippen molar-refractivity contribution in [2.45, 2.75) is 18.4 Å². The molecular formula is C19H24N4O3. The lowest BCUT2D eigenvalue weighted by atomic mass is 9.90. The number of amides is 1. The molecule has 2 aromatic rings. The van der Waals surface area contributed by atoms with Crippen LogP contribution >= 0.6 is 0 Å². The molecule has 0 radical (unpaired) electrons. The van der Waals surface area contributed by atoms with Crippen LogP contribution in [0.1, 0.15) is 17.0 Å². The summed E-state index contributed by atoms with van der Waals surface area (Å²) in [6.07, 6.45) is 4.12. The Morgan fingerprint density at radius 2 is 2.12 bits per heavy atom. The molecule has 0 bridgehead atoms. The number of benzene rings is 1. The Hall–Kier alpha value is -2.67. The monoisotopic (exact) mass is 356 g/mol. The van der Waals surface area contributed by atoms with Gasteiger partial charge in [0.05, 0.1) is 19.2 Å². The van der Waals surface area contributed by atoms with Crippen molar-refractivity contribution in [3.63, 3.8) is 0 Å². The first-order valence-electron chi connectivity index (χ1n) is 8.70. The molecule has 3 rings (SSSR count). The minimum atomic E-state index is -0.704. The van der Waals surface area contributed by atoms with Crippen LogP contribution in [0.25, 0.3) is 0 Å². The van der Waals surface area contributed by atoms with E-state index in [1.165, 1.54) is 7.11 Å². The molecule has 2 N–H and O–H groups in total. The standard InChI is InChI=1S/C19H24N4O3/c1-23-12-14(9-21-23)15-10-20-11-16(15)18(24)22-17(19(25)26-2)8-13-6-4-3-5-7-13/h3-7,9,12,15-17,20H,8,10-11H2,1-2H3,(H,22,24)/t15-,16+,17?/m1/s1. The van der Waals surface area contributed by atoms with Crippen LogP contribution in [0.2, 0.25) is 0 Å². The Bertz CT molecular complexity index is 759. The maximum absolute atomic E-state index is 12.9. The summed E-state index contributed by atoms with van der Waals surface area (Å²) < 4.78 is 6.61. The first-order chi connectivity index (χ1) is 12.6. The van der Waals surface area contributed by atoms with Crippen molar-refractivity contribution >= 4 is 11.9 Å². The van der Waals surface area contributed by atoms with Gasteiger partial charge >= 0.3 is 5.97 Å². The van der Waals surface area contributed by atoms with E-state index < -0.39 is 12.0 Å². The largest absolute Gasteiger partial charge is 0.467 e. The Morgan fingerprint density at radius 1 is 1.35 bits per heavy atom. The van der Waals surface area contributed by atoms with Gasteiger partial charge in [-0.2, -0.15) is 5.10 Å². The van der Waals surface area contributed by atoms with E-state index in [1.807, 2.05) is 43.6 Å². The van der Waals surface area contributed by atoms with Crippen LogP contribution < -0.4 is 10.6 Å². The van der Waals surface area contributed by atoms with Gasteiger partial charge in [0, 0.05) is 38.7 Å². The normalized spacial score (nSPS) is 20.5. The van der Waals surface area contributed by atoms with Crippen LogP contribution in [0.3, 0.4) is 0 Å². The van der Waals surface area contributed by atoms with Crippen LogP contribution in [0, 0.1) is 5.92 Å². The van der Waals surface area contributed by atoms with Gasteiger partial charge in [0.1, 0.15) is 6.04 Å². The van der Waals surface area contributed by atoms with E-state index in [0.717, 1.165) is 11.1 Å². The van der Waals surface area contributed by atoms with Gasteiger partial charge in [-0.3, -0.25) is 9.48 Å². The minimum Gasteiger partial charge on any atom is -0.467 e. The summed E-state index contributed by atoms with van der Waals surface area (Å²) in [4.78, 5) is 25.0. The Morgan fingerprint density at radius 3 is 2.77 bits per heavy atom. The van der Waals surface area contributed by atoms with E-state index in [1.54, 1.807) is 10.9 Å². The van der Waals surface area contributed by atoms with Crippen LogP contribution in [0.15, 0.2) is 42.7 Å². The van der Waals surface area contributed by atoms with Gasteiger partial charge in [0.2, 0.25) is 5.91 Å². The van der Waals surface area contributed by atoms with Crippen molar-refractivity contribution < 1.29 is 14.3 Å². The molecule has 1 amide bonds. The predicted octanol–water partition coefficient (Wildman–Crippen LogP) is 0.624. The lowest BCUT2D eigenvalue weighted by Crippen LogP contribution is -2.46. The highest BCUT2D eigenvalue weighted by Gasteiger charge is 2.36. The zero-order valence-corrected chi connectivity index (χ0v) is 15.0. The molecule has 1 unspecified atom stereocenters. The number of carbonyl (C=O) groups excluding carboxylic acids is 2. The molecule has 3 atom stereocenters. The fraction of sp³-hybridized carbons (Fsp3) is 0.421. The third kappa shape index (κ3) is 4.11. The van der Waals surface area contributed by atoms with E-state index in [4.69, 9.17) is 4.74 Å². The van der Waals surface area contributed by atoms with Crippen LogP contribution in [0.4, 0.5) is 0 Å². The van der Waals surface area contributed by atoms with Crippen molar-refractivity contribution in [3.05, 3.63) is 53.9 Å². The van der Waals surface area contributed by atoms with E-state index in [2.05, 4.69) is 15.7 Å². The summed E-state index contributed by atoms with van der Waals surface area (Å²) in [6.45, 7) is 1.29. The molecule has 7 nitrogen and oxygen atoms in total. The summed E-state index contributed by atoms with van der Waals surface area (Å²) in [7, 11) is 3.19. The molecule has 7 heteroatoms. The lowest BCUT2D eigenvalue weighted by Gasteiger charge is -2.21. The predicted molar refractivity (Wildman–Crippen MR) is 96.4 cm³/mol. The number of ether oxygens (including phenoxy) is 1. The fourth-order valence-corrected chi connectivity index (χ4v) is 3.40. The molecule has 1 fully saturated rings. The zero-order chi connectivity index (χ0) is 18.5. The number of aromatic nitrogens is 2. The van der Waals surface area contributed by atoms with Crippen molar-refractivity contribution in [1.82, 2.24) is 20.4 Å². The van der Waals surface area contributed by atoms with E-state index in [0.29, 0.717) is 19.5 Å². The molecule has 1 aliphatic heterocycles. The van der Waals surface area contributed by atoms with E-state index >= 15 is 0 Å². The second-order valence-corrected chi connectivity index (χ2v) is 6.59. The van der Waals surface area contributed by atoms with Crippen molar-refractivity contribution in [2.75, 3.05) is 20.2 Å². The molecule has 2 heterocycles. The second kappa shape index (κ2) is 8.14. The molecule has 1 saturated heterocycles. The topological polar surface area (TPSA) is 85.2 Å². The molecule has 1 aromatic carbocycles. The van der Waals surface area contributed by atoms with E-state index in [9.17, 15) is 9.59 Å². The highest BCUT2D eigenvalue weighted by molar-refractivity contribution is 5.86. The Balaban J connectivity index is 1.71. The van der Waals surface area contributed by atoms with Crippen LogP contribution in [-0.4, -0.2) is 47.9 Å². The van der Waals surface area contributed by atoms with Crippen LogP contribution in [-0.2, 0) is 27.8 Å². The summed E-state index contributed by atoms with van der Waals surface area (Å²) >= 11 is 0. The highest BCUT2D eigenvalue weighted by Crippen LogP contribution is 2.28. The van der Waals surface area contributed by atoms with Gasteiger partial charge in [-0.1, -0.05) is 30.3 Å². The highest BCUT2D eigenvalue weighted by atomic mass is 16.5. The number of nitrogens with zero attached hydrogens (tertiary/aromatic N) is 2. The first kappa shape index (κ1) is 18.1. The molecular weight excluding hydrogens is 332 g/mol. The van der Waals surface area contributed by atoms with Crippen molar-refractivity contribution in [1.29, 1.82) is 0 Å². The molecule has 0 saturated carbocycles. The molecule has 26 heavy (non-hydrogen) atoms. The summed E-state index contributed by atoms with van der Waals surface area (Å²) in [5.74, 6) is -0.790. The number of nitrogens with one attached hydrogen (secondary N) is 2. The number of rotatable bonds is 6. The van der Waals surface area contributed by atoms with Gasteiger partial charge in [-0.15, -0.1) is 0 Å². The van der Waals surface area contributed by atoms with Crippen LogP contribution in [0.5, 0.6) is 0 Å². The fourth-order valence-electron chi connectivity index (χ4n) is 3.40. The molecule has 1 aliphatic rings. The maximum atomic E-state index is 12.9. The molecule has 1 aromatic heterocycles. The number of hydrogen-bond donors (Lipinski definition) is 2. The molecule has 138 valence electrons. The quantitative estimate of drug-likeness (QED) is 0.742. The average molecular weight is 356 g/mol. The smallest absolute Gasteiger partial charge is 0.328 e. The van der Waals surface area contributed by atoms with Crippen molar-refractivity contribution in [3.8, 4) is 0 Å². The third-order valence-electron chi connectivity index (χ3n) is 4.79. The summed E-state index contributed by atoms with van der Waals surface area (Å²) in [5.41, 5.74) is 1.99. The number of carbonyl (C=O) groups is 2. The zero-order valence-electron chi connectivity index (χ0n) is 15.0. The third-order valence-corrected chi connectivity index (χ3v) is 4.79. The number of esters is 1. The van der Waals surface area contributed by atoms with Crippen molar-refractivity contribution in [2.24, 2.45) is 13.0 Å². The summed E-state index contributed by atoms with van der Waals surface area (Å²) in [6, 6.07) is 8.88. The minimum absolute atomic E-state index is 0.0405. The molecule has 0 aliphatic carbocycles. The number of methoxy groups -OCH3 is 1. The Kier molecular flexibility index (Phi) is 5.68. The van der Waals surface area contributed by atoms with Gasteiger partial charge in [0.15, 0.2) is 0 Å². The SMILES string of the molecule is COC(=O)C(Cc1ccccc1)NC(=O)[C@H]1CNC[C@@H]1c1cnn(C)c1. The first-order valence-corrected chi connectivity index (χ1v) is 8.70. The van der Waals surface area contributed by atoms with Gasteiger partial charge in [-0.05, 0) is 11.1 Å².